The first-order valence-corrected chi connectivity index (χ1v) is 48.5. The van der Waals surface area contributed by atoms with Crippen LogP contribution in [0.4, 0.5) is 53.0 Å². The predicted molar refractivity (Wildman–Crippen MR) is 570 cm³/mol. The highest BCUT2D eigenvalue weighted by Gasteiger charge is 2.35. The number of nitrogens with zero attached hydrogens (tertiary/aromatic N) is 19. The van der Waals surface area contributed by atoms with Crippen LogP contribution in [0, 0.1) is 125 Å². The molecule has 0 spiro atoms. The lowest BCUT2D eigenvalue weighted by Crippen LogP contribution is -2.07. The molecule has 0 amide bonds. The van der Waals surface area contributed by atoms with Crippen LogP contribution in [-0.4, -0.2) is 24.9 Å². The third kappa shape index (κ3) is 27.2. The van der Waals surface area contributed by atoms with Crippen LogP contribution < -0.4 is 0 Å². The maximum absolute atomic E-state index is 12.7. The Morgan fingerprint density at radius 1 is 0.238 bits per heavy atom. The lowest BCUT2D eigenvalue weighted by Gasteiger charge is -2.16. The minimum absolute atomic E-state index is 0.00164. The first kappa shape index (κ1) is 122. The number of hydrogen-bond donors (Lipinski definition) is 0. The molecule has 5 aromatic heterocycles. The van der Waals surface area contributed by atoms with E-state index < -0.39 is 11.7 Å². The van der Waals surface area contributed by atoms with Crippen LogP contribution in [0.1, 0.15) is 112 Å². The molecule has 0 bridgehead atoms. The van der Waals surface area contributed by atoms with E-state index in [-0.39, 0.29) is 302 Å². The largest absolute Gasteiger partial charge is 0.417 e. The van der Waals surface area contributed by atoms with Crippen LogP contribution in [0.2, 0.25) is 166 Å². The molecule has 19 nitrogen and oxygen atoms in total. The molecule has 7 aromatic carbocycles. The molecule has 143 heavy (non-hydrogen) atoms. The second-order valence-corrected chi connectivity index (χ2v) is 39.1. The number of pyridine rings is 5. The third-order valence-corrected chi connectivity index (χ3v) is 31.5. The summed E-state index contributed by atoms with van der Waals surface area (Å²) in [5.41, 5.74) is 1.60. The Morgan fingerprint density at radius 2 is 0.531 bits per heavy atom. The average Bonchev–Trinajstić information content (AvgIpc) is 0.777. The molecule has 55 heteroatoms. The van der Waals surface area contributed by atoms with E-state index in [9.17, 15) is 50.0 Å². The van der Waals surface area contributed by atoms with Crippen molar-refractivity contribution in [3.05, 3.63) is 401 Å². The summed E-state index contributed by atoms with van der Waals surface area (Å²) >= 11 is 200. The lowest BCUT2D eigenvalue weighted by molar-refractivity contribution is -0.137. The summed E-state index contributed by atoms with van der Waals surface area (Å²) in [7, 11) is 0. The van der Waals surface area contributed by atoms with Gasteiger partial charge in [-0.2, -0.15) is 50.0 Å². The maximum atomic E-state index is 12.7. The second-order valence-electron chi connectivity index (χ2n) is 26.5. The summed E-state index contributed by atoms with van der Waals surface area (Å²) in [6.45, 7) is 49.9. The van der Waals surface area contributed by atoms with Gasteiger partial charge >= 0.3 is 6.18 Å². The number of benzene rings is 7. The average molecular weight is 2570 g/mol. The fourth-order valence-electron chi connectivity index (χ4n) is 11.8. The molecule has 0 unspecified atom stereocenters. The van der Waals surface area contributed by atoms with Crippen LogP contribution in [0.25, 0.3) is 33.9 Å². The molecule has 12 aromatic rings. The van der Waals surface area contributed by atoms with Crippen molar-refractivity contribution in [3.8, 4) is 42.5 Å². The van der Waals surface area contributed by atoms with Gasteiger partial charge in [-0.25, -0.2) is 48.9 Å². The highest BCUT2D eigenvalue weighted by Crippen LogP contribution is 2.54. The monoisotopic (exact) mass is 2550 g/mol. The minimum Gasteiger partial charge on any atom is -0.262 e. The van der Waals surface area contributed by atoms with Gasteiger partial charge in [0.25, 0.3) is 0 Å². The third-order valence-electron chi connectivity index (χ3n) is 18.5. The van der Waals surface area contributed by atoms with Gasteiger partial charge in [0.05, 0.1) is 295 Å². The number of nitriles is 7. The van der Waals surface area contributed by atoms with Crippen molar-refractivity contribution in [1.82, 2.24) is 24.9 Å². The number of alkyl halides is 3. The van der Waals surface area contributed by atoms with Crippen molar-refractivity contribution in [1.29, 1.82) is 36.8 Å². The van der Waals surface area contributed by atoms with Crippen molar-refractivity contribution >= 4 is 423 Å². The molecule has 0 radical (unpaired) electrons. The number of aromatic nitrogens is 5. The highest BCUT2D eigenvalue weighted by molar-refractivity contribution is 6.55. The van der Waals surface area contributed by atoms with Crippen molar-refractivity contribution in [2.45, 2.75) is 44.7 Å². The Kier molecular flexibility index (Phi) is 46.3. The zero-order valence-electron chi connectivity index (χ0n) is 67.9. The van der Waals surface area contributed by atoms with E-state index >= 15 is 0 Å². The second kappa shape index (κ2) is 54.1. The SMILES string of the molecule is [C-]#[N+]c1c(Cl)c(Cl)c(Cc2c(Cl)c(Cl)c(C#N)c(Cl)c2[N+]#[C-])c(C#N)c1Cl.[C-]#[N+]c1c(Cl)c(Cl)c(Cc2c(Cl)cncc2Cl)c(C#N)c1Cl.[C-]#[N+]c1c(Cl)c(Cl)c(Cc2cc(Cl)cnc2Cl)c(C#N)c1Cl.[C-]#[N+]c1c(Cl)c(Cl)c(Cc2nc(Cl)c(Cl)c(Cl)c2Cl)c(C#N)c1Cl.[C-]#[N+]c1c(Cl)c(Cl)c(Cc2nc(Cl)c(Cl)cc2Cl)c(C#N)c1Cl.[C-]#[N+]c1c(Cl)c(Cl)c(Cc2ncc(C(F)(F)F)cc2Cl)c(C#N)c1Cl. The van der Waals surface area contributed by atoms with E-state index in [1.54, 1.807) is 12.1 Å². The Labute approximate surface area is 973 Å². The van der Waals surface area contributed by atoms with Crippen LogP contribution in [0.15, 0.2) is 43.0 Å². The van der Waals surface area contributed by atoms with E-state index in [1.807, 2.05) is 36.4 Å². The summed E-state index contributed by atoms with van der Waals surface area (Å²) < 4.78 is 38.0. The standard InChI is InChI=1S/C17H2Cl6N4.C15H4Cl4F3N3.C14H2Cl7N3.C14H3Cl6N3.2C14H4Cl5N3/c1-26-16-7(11(19)12(20)9(5-25)14(16)22)3-6-8(4-24)13(21)17(27-2)15(23)10(6)18;1-24-14-12(18)8(4-23)7(11(17)13(14)19)3-10-9(16)2-6(5-25-10)15(20,21)22;1-23-13-8(16)5(3-22)4(7(15)11(13)19)2-6-9(17)10(18)12(20)14(21)24-6;1-22-13-11(18)6(4-21)5(10(17)12(13)19)2-9-7(15)3-8(16)14(20)23-9;1-21-14-12(18)8(3-20)6(11(17)13(14)19)2-7-9(15)4-22-5-10(7)16;1-21-13-11(17)9(4-20)8(10(16)12(13)18)3-6-2-7(15)5-22-14(6)19/h3H2;2,5H,3H2;2H2;3H,2H2;4-5H,2H2;2,5H,3H2. The molecule has 0 aliphatic rings. The molecule has 0 aliphatic carbocycles. The van der Waals surface area contributed by atoms with Gasteiger partial charge in [0.2, 0.25) is 39.8 Å². The van der Waals surface area contributed by atoms with E-state index in [1.165, 1.54) is 24.7 Å². The highest BCUT2D eigenvalue weighted by atomic mass is 35.5. The van der Waals surface area contributed by atoms with Crippen molar-refractivity contribution in [2.24, 2.45) is 0 Å². The Bertz CT molecular complexity index is 7930. The summed E-state index contributed by atoms with van der Waals surface area (Å²) in [6, 6.07) is 17.0. The van der Waals surface area contributed by atoms with Gasteiger partial charge in [-0.05, 0) is 74.7 Å². The molecule has 0 fully saturated rings. The van der Waals surface area contributed by atoms with Crippen LogP contribution in [0.5, 0.6) is 0 Å². The lowest BCUT2D eigenvalue weighted by atomic mass is 9.97. The van der Waals surface area contributed by atoms with Gasteiger partial charge in [0, 0.05) is 56.9 Å². The van der Waals surface area contributed by atoms with Gasteiger partial charge in [-0.1, -0.05) is 383 Å². The van der Waals surface area contributed by atoms with Gasteiger partial charge < -0.3 is 0 Å². The molecule has 12 rings (SSSR count). The van der Waals surface area contributed by atoms with Crippen LogP contribution in [0.3, 0.4) is 0 Å². The fourth-order valence-corrected chi connectivity index (χ4v) is 20.2. The Balaban J connectivity index is 0.000000233. The Hall–Kier alpha value is -7.49. The summed E-state index contributed by atoms with van der Waals surface area (Å²) in [5, 5.41) is 65.6. The quantitative estimate of drug-likeness (QED) is 0.0628. The Morgan fingerprint density at radius 3 is 0.860 bits per heavy atom. The van der Waals surface area contributed by atoms with Crippen LogP contribution >= 0.6 is 383 Å². The summed E-state index contributed by atoms with van der Waals surface area (Å²) in [5.74, 6) is 0. The predicted octanol–water partition coefficient (Wildman–Crippen LogP) is 42.2. The smallest absolute Gasteiger partial charge is 0.262 e. The summed E-state index contributed by atoms with van der Waals surface area (Å²) in [4.78, 5) is 42.1. The topological polar surface area (TPSA) is 262 Å². The first-order chi connectivity index (χ1) is 67.2. The zero-order valence-corrected chi connectivity index (χ0v) is 92.8. The van der Waals surface area contributed by atoms with Crippen molar-refractivity contribution < 1.29 is 13.2 Å². The van der Waals surface area contributed by atoms with Crippen molar-refractivity contribution in [2.75, 3.05) is 0 Å². The normalized spacial score (nSPS) is 10.3. The molecule has 0 aliphatic heterocycles. The molecule has 0 atom stereocenters. The molecule has 5 heterocycles. The number of hydrogen-bond acceptors (Lipinski definition) is 12. The molecular formula is C88H19Cl33F3N19. The van der Waals surface area contributed by atoms with Gasteiger partial charge in [-0.3, -0.25) is 9.97 Å². The maximum Gasteiger partial charge on any atom is 0.417 e. The van der Waals surface area contributed by atoms with Gasteiger partial charge in [0.1, 0.15) is 21.5 Å². The first-order valence-electron chi connectivity index (χ1n) is 36.0. The van der Waals surface area contributed by atoms with Crippen LogP contribution in [-0.2, 0) is 44.7 Å². The number of halogens is 36. The van der Waals surface area contributed by atoms with E-state index in [0.29, 0.717) is 54.8 Å². The minimum atomic E-state index is -4.59. The molecule has 0 saturated carbocycles. The van der Waals surface area contributed by atoms with Gasteiger partial charge in [0.15, 0.2) is 0 Å². The van der Waals surface area contributed by atoms with E-state index in [0.717, 1.165) is 6.07 Å². The van der Waals surface area contributed by atoms with E-state index in [2.05, 4.69) is 58.8 Å². The molecular weight excluding hydrogens is 2550 g/mol. The molecule has 718 valence electrons. The molecule has 0 saturated heterocycles. The van der Waals surface area contributed by atoms with Gasteiger partial charge in [-0.15, -0.1) is 0 Å². The fraction of sp³-hybridized carbons (Fsp3) is 0.0795. The zero-order chi connectivity index (χ0) is 108. The van der Waals surface area contributed by atoms with Crippen molar-refractivity contribution in [3.63, 3.8) is 0 Å². The summed E-state index contributed by atoms with van der Waals surface area (Å²) in [6.07, 6.45) is 0.264. The number of rotatable bonds is 12. The molecule has 0 N–H and O–H groups in total. The van der Waals surface area contributed by atoms with E-state index in [4.69, 9.17) is 429 Å².